The number of aliphatic hydroxyl groups is 1. The van der Waals surface area contributed by atoms with Gasteiger partial charge >= 0.3 is 0 Å². The van der Waals surface area contributed by atoms with E-state index in [1.54, 1.807) is 5.48 Å². The largest absolute Gasteiger partial charge is 0.484 e. The van der Waals surface area contributed by atoms with Crippen molar-refractivity contribution < 1.29 is 23.8 Å². The fraction of sp³-hybridized carbons (Fsp3) is 0.538. The Morgan fingerprint density at radius 1 is 1.47 bits per heavy atom. The lowest BCUT2D eigenvalue weighted by Crippen LogP contribution is -2.52. The molecule has 0 aliphatic carbocycles. The van der Waals surface area contributed by atoms with Crippen LogP contribution in [0.25, 0.3) is 0 Å². The van der Waals surface area contributed by atoms with E-state index in [2.05, 4.69) is 0 Å². The second-order valence-electron chi connectivity index (χ2n) is 5.66. The predicted molar refractivity (Wildman–Crippen MR) is 65.7 cm³/mol. The van der Waals surface area contributed by atoms with Crippen LogP contribution in [-0.2, 0) is 6.42 Å². The molecule has 1 heterocycles. The average molecular weight is 273 g/mol. The summed E-state index contributed by atoms with van der Waals surface area (Å²) in [5.74, 6) is -0.463. The standard InChI is InChI=1S/C13H17F2NO3/c1-12(2,17)11(15)13(3)6-7-4-9(16-18)8(14)5-10(7)19-13/h4-5,11,16-18H,6H2,1-3H3. The lowest BCUT2D eigenvalue weighted by molar-refractivity contribution is -0.0918. The van der Waals surface area contributed by atoms with E-state index < -0.39 is 23.2 Å². The minimum atomic E-state index is -1.64. The van der Waals surface area contributed by atoms with Crippen LogP contribution in [0, 0.1) is 5.82 Å². The summed E-state index contributed by atoms with van der Waals surface area (Å²) in [6.07, 6.45) is -1.45. The average Bonchev–Trinajstić information content (AvgIpc) is 2.62. The number of hydrogen-bond donors (Lipinski definition) is 3. The van der Waals surface area contributed by atoms with Crippen molar-refractivity contribution in [2.45, 2.75) is 44.6 Å². The van der Waals surface area contributed by atoms with Crippen LogP contribution in [0.1, 0.15) is 26.3 Å². The highest BCUT2D eigenvalue weighted by Crippen LogP contribution is 2.42. The molecule has 0 fully saturated rings. The SMILES string of the molecule is CC(C)(O)C(F)C1(C)Cc2cc(NO)c(F)cc2O1. The van der Waals surface area contributed by atoms with Gasteiger partial charge < -0.3 is 9.84 Å². The molecule has 19 heavy (non-hydrogen) atoms. The minimum Gasteiger partial charge on any atom is -0.484 e. The van der Waals surface area contributed by atoms with Gasteiger partial charge in [0.25, 0.3) is 0 Å². The Kier molecular flexibility index (Phi) is 3.18. The lowest BCUT2D eigenvalue weighted by Gasteiger charge is -2.35. The molecule has 1 aliphatic rings. The number of nitrogens with one attached hydrogen (secondary N) is 1. The zero-order valence-corrected chi connectivity index (χ0v) is 11.0. The first-order chi connectivity index (χ1) is 8.67. The second-order valence-corrected chi connectivity index (χ2v) is 5.66. The highest BCUT2D eigenvalue weighted by atomic mass is 19.1. The van der Waals surface area contributed by atoms with Crippen LogP contribution < -0.4 is 10.2 Å². The third-order valence-corrected chi connectivity index (χ3v) is 3.31. The summed E-state index contributed by atoms with van der Waals surface area (Å²) in [5, 5.41) is 18.5. The molecule has 0 amide bonds. The third-order valence-electron chi connectivity index (χ3n) is 3.31. The van der Waals surface area contributed by atoms with Gasteiger partial charge in [0.05, 0.1) is 11.3 Å². The first-order valence-corrected chi connectivity index (χ1v) is 5.95. The van der Waals surface area contributed by atoms with Crippen LogP contribution in [0.5, 0.6) is 5.75 Å². The highest BCUT2D eigenvalue weighted by Gasteiger charge is 2.49. The Balaban J connectivity index is 2.34. The van der Waals surface area contributed by atoms with Crippen molar-refractivity contribution in [1.82, 2.24) is 0 Å². The summed E-state index contributed by atoms with van der Waals surface area (Å²) in [5.41, 5.74) is -0.603. The summed E-state index contributed by atoms with van der Waals surface area (Å²) in [6.45, 7) is 4.24. The van der Waals surface area contributed by atoms with Gasteiger partial charge in [-0.05, 0) is 26.8 Å². The first kappa shape index (κ1) is 14.0. The van der Waals surface area contributed by atoms with Crippen molar-refractivity contribution in [2.75, 3.05) is 5.48 Å². The summed E-state index contributed by atoms with van der Waals surface area (Å²) >= 11 is 0. The Hall–Kier alpha value is -1.40. The van der Waals surface area contributed by atoms with Crippen molar-refractivity contribution in [3.05, 3.63) is 23.5 Å². The summed E-state index contributed by atoms with van der Waals surface area (Å²) in [7, 11) is 0. The molecule has 2 atom stereocenters. The van der Waals surface area contributed by atoms with E-state index in [0.717, 1.165) is 6.07 Å². The van der Waals surface area contributed by atoms with Crippen LogP contribution in [0.4, 0.5) is 14.5 Å². The lowest BCUT2D eigenvalue weighted by atomic mass is 9.85. The number of anilines is 1. The summed E-state index contributed by atoms with van der Waals surface area (Å²) in [6, 6.07) is 2.46. The minimum absolute atomic E-state index is 0.0923. The Labute approximate surface area is 110 Å². The predicted octanol–water partition coefficient (Wildman–Crippen LogP) is 2.43. The number of halogens is 2. The second kappa shape index (κ2) is 4.31. The summed E-state index contributed by atoms with van der Waals surface area (Å²) in [4.78, 5) is 0. The maximum atomic E-state index is 14.3. The van der Waals surface area contributed by atoms with Crippen molar-refractivity contribution in [1.29, 1.82) is 0 Å². The molecule has 1 aromatic carbocycles. The van der Waals surface area contributed by atoms with E-state index >= 15 is 0 Å². The summed E-state index contributed by atoms with van der Waals surface area (Å²) < 4.78 is 33.3. The van der Waals surface area contributed by atoms with Crippen molar-refractivity contribution in [3.63, 3.8) is 0 Å². The van der Waals surface area contributed by atoms with Gasteiger partial charge in [0.2, 0.25) is 0 Å². The number of rotatable bonds is 3. The van der Waals surface area contributed by atoms with Crippen LogP contribution in [-0.4, -0.2) is 27.7 Å². The van der Waals surface area contributed by atoms with Crippen LogP contribution in [0.3, 0.4) is 0 Å². The zero-order chi connectivity index (χ0) is 14.4. The molecule has 4 nitrogen and oxygen atoms in total. The molecule has 6 heteroatoms. The van der Waals surface area contributed by atoms with Gasteiger partial charge in [0.1, 0.15) is 11.4 Å². The van der Waals surface area contributed by atoms with E-state index in [1.165, 1.54) is 26.8 Å². The molecule has 0 aromatic heterocycles. The molecule has 0 saturated carbocycles. The monoisotopic (exact) mass is 273 g/mol. The fourth-order valence-corrected chi connectivity index (χ4v) is 2.47. The van der Waals surface area contributed by atoms with Gasteiger partial charge in [0.15, 0.2) is 12.0 Å². The molecule has 0 bridgehead atoms. The maximum absolute atomic E-state index is 14.3. The molecule has 2 rings (SSSR count). The topological polar surface area (TPSA) is 61.7 Å². The van der Waals surface area contributed by atoms with Crippen LogP contribution >= 0.6 is 0 Å². The molecule has 0 saturated heterocycles. The Morgan fingerprint density at radius 3 is 2.63 bits per heavy atom. The molecule has 0 spiro atoms. The molecule has 1 aromatic rings. The van der Waals surface area contributed by atoms with Gasteiger partial charge in [-0.1, -0.05) is 0 Å². The third kappa shape index (κ3) is 2.37. The quantitative estimate of drug-likeness (QED) is 0.740. The number of hydrogen-bond acceptors (Lipinski definition) is 4. The van der Waals surface area contributed by atoms with Gasteiger partial charge in [-0.2, -0.15) is 0 Å². The van der Waals surface area contributed by atoms with Crippen molar-refractivity contribution in [3.8, 4) is 5.75 Å². The number of fused-ring (bicyclic) bond motifs is 1. The van der Waals surface area contributed by atoms with E-state index in [1.807, 2.05) is 0 Å². The highest BCUT2D eigenvalue weighted by molar-refractivity contribution is 5.53. The van der Waals surface area contributed by atoms with E-state index in [4.69, 9.17) is 9.94 Å². The van der Waals surface area contributed by atoms with Crippen molar-refractivity contribution in [2.24, 2.45) is 0 Å². The van der Waals surface area contributed by atoms with Crippen LogP contribution in [0.2, 0.25) is 0 Å². The van der Waals surface area contributed by atoms with Gasteiger partial charge in [-0.15, -0.1) is 0 Å². The molecular formula is C13H17F2NO3. The fourth-order valence-electron chi connectivity index (χ4n) is 2.47. The molecule has 3 N–H and O–H groups in total. The smallest absolute Gasteiger partial charge is 0.167 e. The normalized spacial score (nSPS) is 23.7. The van der Waals surface area contributed by atoms with E-state index in [9.17, 15) is 13.9 Å². The zero-order valence-electron chi connectivity index (χ0n) is 11.0. The molecule has 106 valence electrons. The molecular weight excluding hydrogens is 256 g/mol. The number of alkyl halides is 1. The number of benzene rings is 1. The molecule has 1 aliphatic heterocycles. The van der Waals surface area contributed by atoms with E-state index in [0.29, 0.717) is 5.56 Å². The van der Waals surface area contributed by atoms with Crippen LogP contribution in [0.15, 0.2) is 12.1 Å². The van der Waals surface area contributed by atoms with Gasteiger partial charge in [0, 0.05) is 18.1 Å². The van der Waals surface area contributed by atoms with Gasteiger partial charge in [-0.3, -0.25) is 10.7 Å². The Bertz CT molecular complexity index is 501. The number of ether oxygens (including phenoxy) is 1. The Morgan fingerprint density at radius 2 is 2.11 bits per heavy atom. The van der Waals surface area contributed by atoms with Crippen molar-refractivity contribution >= 4 is 5.69 Å². The molecule has 0 radical (unpaired) electrons. The maximum Gasteiger partial charge on any atom is 0.167 e. The van der Waals surface area contributed by atoms with E-state index in [-0.39, 0.29) is 17.9 Å². The van der Waals surface area contributed by atoms with Gasteiger partial charge in [-0.25, -0.2) is 8.78 Å². The molecule has 2 unspecified atom stereocenters. The first-order valence-electron chi connectivity index (χ1n) is 5.95.